The summed E-state index contributed by atoms with van der Waals surface area (Å²) in [5, 5.41) is 9.21. The second kappa shape index (κ2) is 9.17. The van der Waals surface area contributed by atoms with Crippen LogP contribution in [0.15, 0.2) is 54.6 Å². The maximum Gasteiger partial charge on any atom is 0.248 e. The third-order valence-electron chi connectivity index (χ3n) is 4.44. The predicted octanol–water partition coefficient (Wildman–Crippen LogP) is 4.34. The average Bonchev–Trinajstić information content (AvgIpc) is 3.21. The lowest BCUT2D eigenvalue weighted by molar-refractivity contribution is -0.111. The second-order valence-corrected chi connectivity index (χ2v) is 6.89. The highest BCUT2D eigenvalue weighted by Crippen LogP contribution is 2.32. The number of carbonyl (C=O) groups is 1. The Kier molecular flexibility index (Phi) is 5.98. The Hall–Kier alpha value is -4.07. The zero-order chi connectivity index (χ0) is 21.6. The molecule has 158 valence electrons. The number of nitrogens with zero attached hydrogens (tertiary/aromatic N) is 2. The smallest absolute Gasteiger partial charge is 0.248 e. The van der Waals surface area contributed by atoms with E-state index < -0.39 is 0 Å². The van der Waals surface area contributed by atoms with Crippen LogP contribution >= 0.6 is 0 Å². The fourth-order valence-electron chi connectivity index (χ4n) is 3.03. The predicted molar refractivity (Wildman–Crippen MR) is 121 cm³/mol. The van der Waals surface area contributed by atoms with E-state index in [4.69, 9.17) is 9.47 Å². The largest absolute Gasteiger partial charge is 0.454 e. The van der Waals surface area contributed by atoms with Crippen molar-refractivity contribution in [3.63, 3.8) is 0 Å². The fraction of sp³-hybridized carbons (Fsp3) is 0.174. The zero-order valence-corrected chi connectivity index (χ0v) is 17.3. The Labute approximate surface area is 180 Å². The van der Waals surface area contributed by atoms with Gasteiger partial charge in [0.2, 0.25) is 18.6 Å². The normalized spacial score (nSPS) is 12.1. The van der Waals surface area contributed by atoms with Gasteiger partial charge in [-0.3, -0.25) is 4.79 Å². The van der Waals surface area contributed by atoms with Crippen LogP contribution < -0.4 is 25.4 Å². The lowest BCUT2D eigenvalue weighted by atomic mass is 10.2. The van der Waals surface area contributed by atoms with E-state index in [0.717, 1.165) is 23.5 Å². The number of aromatic nitrogens is 2. The Bertz CT molecular complexity index is 1110. The van der Waals surface area contributed by atoms with Crippen LogP contribution in [0.2, 0.25) is 0 Å². The van der Waals surface area contributed by atoms with Crippen LogP contribution in [0, 0.1) is 6.92 Å². The van der Waals surface area contributed by atoms with Gasteiger partial charge < -0.3 is 25.4 Å². The van der Waals surface area contributed by atoms with Crippen LogP contribution in [0.4, 0.5) is 23.1 Å². The van der Waals surface area contributed by atoms with E-state index in [1.165, 1.54) is 6.08 Å². The van der Waals surface area contributed by atoms with Gasteiger partial charge in [-0.25, -0.2) is 4.98 Å². The third kappa shape index (κ3) is 5.30. The van der Waals surface area contributed by atoms with Crippen LogP contribution in [-0.2, 0) is 4.79 Å². The summed E-state index contributed by atoms with van der Waals surface area (Å²) in [6.07, 6.45) is 3.21. The van der Waals surface area contributed by atoms with Gasteiger partial charge in [-0.05, 0) is 61.9 Å². The van der Waals surface area contributed by atoms with Crippen LogP contribution in [-0.4, -0.2) is 29.2 Å². The van der Waals surface area contributed by atoms with Gasteiger partial charge in [0.15, 0.2) is 11.5 Å². The second-order valence-electron chi connectivity index (χ2n) is 6.89. The molecule has 4 rings (SSSR count). The Morgan fingerprint density at radius 1 is 1.03 bits per heavy atom. The number of hydrogen-bond acceptors (Lipinski definition) is 7. The molecule has 2 heterocycles. The van der Waals surface area contributed by atoms with Gasteiger partial charge in [-0.15, -0.1) is 0 Å². The van der Waals surface area contributed by atoms with Crippen LogP contribution in [0.5, 0.6) is 11.5 Å². The van der Waals surface area contributed by atoms with Crippen LogP contribution in [0.25, 0.3) is 6.08 Å². The first-order valence-corrected chi connectivity index (χ1v) is 9.94. The molecule has 0 saturated heterocycles. The highest BCUT2D eigenvalue weighted by Gasteiger charge is 2.12. The number of carbonyl (C=O) groups excluding carboxylic acids is 1. The van der Waals surface area contributed by atoms with Gasteiger partial charge in [0.1, 0.15) is 5.82 Å². The monoisotopic (exact) mass is 417 g/mol. The maximum absolute atomic E-state index is 12.2. The number of amides is 1. The zero-order valence-electron chi connectivity index (χ0n) is 17.3. The number of hydrogen-bond donors (Lipinski definition) is 3. The van der Waals surface area contributed by atoms with Crippen LogP contribution in [0.1, 0.15) is 18.2 Å². The highest BCUT2D eigenvalue weighted by atomic mass is 16.7. The topological polar surface area (TPSA) is 97.4 Å². The lowest BCUT2D eigenvalue weighted by Crippen LogP contribution is -2.08. The van der Waals surface area contributed by atoms with Crippen molar-refractivity contribution in [1.82, 2.24) is 9.97 Å². The first kappa shape index (κ1) is 20.2. The highest BCUT2D eigenvalue weighted by molar-refractivity contribution is 6.02. The minimum Gasteiger partial charge on any atom is -0.454 e. The summed E-state index contributed by atoms with van der Waals surface area (Å²) in [5.41, 5.74) is 3.27. The van der Waals surface area contributed by atoms with Gasteiger partial charge in [0.05, 0.1) is 0 Å². The molecule has 0 bridgehead atoms. The molecule has 0 fully saturated rings. The van der Waals surface area contributed by atoms with Crippen LogP contribution in [0.3, 0.4) is 0 Å². The Morgan fingerprint density at radius 2 is 1.81 bits per heavy atom. The van der Waals surface area contributed by atoms with E-state index in [1.54, 1.807) is 6.08 Å². The summed E-state index contributed by atoms with van der Waals surface area (Å²) < 4.78 is 10.6. The fourth-order valence-corrected chi connectivity index (χ4v) is 3.03. The molecule has 0 atom stereocenters. The summed E-state index contributed by atoms with van der Waals surface area (Å²) in [4.78, 5) is 21.0. The van der Waals surface area contributed by atoms with Crippen molar-refractivity contribution in [3.05, 3.63) is 65.9 Å². The molecule has 0 aliphatic carbocycles. The molecule has 2 aromatic carbocycles. The molecule has 8 nitrogen and oxygen atoms in total. The van der Waals surface area contributed by atoms with Gasteiger partial charge in [0, 0.05) is 35.8 Å². The van der Waals surface area contributed by atoms with Crippen molar-refractivity contribution >= 4 is 35.1 Å². The molecule has 1 aromatic heterocycles. The Balaban J connectivity index is 1.35. The summed E-state index contributed by atoms with van der Waals surface area (Å²) in [5.74, 6) is 2.46. The van der Waals surface area contributed by atoms with Crippen molar-refractivity contribution in [2.75, 3.05) is 29.3 Å². The minimum atomic E-state index is -0.222. The molecule has 0 saturated carbocycles. The molecule has 31 heavy (non-hydrogen) atoms. The van der Waals surface area contributed by atoms with Gasteiger partial charge in [-0.2, -0.15) is 4.98 Å². The average molecular weight is 417 g/mol. The molecule has 0 spiro atoms. The SMILES string of the molecule is CCNc1nc(C)cc(Nc2ccc(NC(=O)/C=C/c3ccc4c(c3)OCO4)cc2)n1. The van der Waals surface area contributed by atoms with Crippen molar-refractivity contribution in [2.45, 2.75) is 13.8 Å². The standard InChI is InChI=1S/C23H23N5O3/c1-3-24-23-25-15(2)12-21(28-23)26-17-6-8-18(9-7-17)27-22(29)11-5-16-4-10-19-20(13-16)31-14-30-19/h4-13H,3,14H2,1-2H3,(H,27,29)(H2,24,25,26,28)/b11-5+. The lowest BCUT2D eigenvalue weighted by Gasteiger charge is -2.10. The molecule has 8 heteroatoms. The molecule has 1 amide bonds. The van der Waals surface area contributed by atoms with Gasteiger partial charge >= 0.3 is 0 Å². The first-order valence-electron chi connectivity index (χ1n) is 9.94. The molecule has 3 N–H and O–H groups in total. The van der Waals surface area contributed by atoms with Crippen molar-refractivity contribution in [2.24, 2.45) is 0 Å². The number of fused-ring (bicyclic) bond motifs is 1. The minimum absolute atomic E-state index is 0.222. The van der Waals surface area contributed by atoms with Gasteiger partial charge in [0.25, 0.3) is 0 Å². The summed E-state index contributed by atoms with van der Waals surface area (Å²) in [6, 6.07) is 14.8. The van der Waals surface area contributed by atoms with Crippen molar-refractivity contribution in [3.8, 4) is 11.5 Å². The van der Waals surface area contributed by atoms with Gasteiger partial charge in [-0.1, -0.05) is 6.07 Å². The number of rotatable bonds is 7. The maximum atomic E-state index is 12.2. The molecular weight excluding hydrogens is 394 g/mol. The van der Waals surface area contributed by atoms with Crippen molar-refractivity contribution < 1.29 is 14.3 Å². The summed E-state index contributed by atoms with van der Waals surface area (Å²) >= 11 is 0. The van der Waals surface area contributed by atoms with E-state index in [1.807, 2.05) is 62.4 Å². The number of nitrogens with one attached hydrogen (secondary N) is 3. The quantitative estimate of drug-likeness (QED) is 0.492. The number of ether oxygens (including phenoxy) is 2. The van der Waals surface area contributed by atoms with E-state index >= 15 is 0 Å². The molecule has 0 unspecified atom stereocenters. The molecule has 1 aliphatic heterocycles. The third-order valence-corrected chi connectivity index (χ3v) is 4.44. The van der Waals surface area contributed by atoms with E-state index in [9.17, 15) is 4.79 Å². The molecule has 1 aliphatic rings. The number of benzene rings is 2. The molecular formula is C23H23N5O3. The molecule has 3 aromatic rings. The number of aryl methyl sites for hydroxylation is 1. The Morgan fingerprint density at radius 3 is 2.61 bits per heavy atom. The molecule has 0 radical (unpaired) electrons. The first-order chi connectivity index (χ1) is 15.1. The van der Waals surface area contributed by atoms with E-state index in [0.29, 0.717) is 29.0 Å². The van der Waals surface area contributed by atoms with E-state index in [-0.39, 0.29) is 12.7 Å². The van der Waals surface area contributed by atoms with Crippen molar-refractivity contribution in [1.29, 1.82) is 0 Å². The summed E-state index contributed by atoms with van der Waals surface area (Å²) in [6.45, 7) is 4.89. The summed E-state index contributed by atoms with van der Waals surface area (Å²) in [7, 11) is 0. The number of anilines is 4. The van der Waals surface area contributed by atoms with E-state index in [2.05, 4.69) is 25.9 Å².